The fraction of sp³-hybridized carbons (Fsp3) is 0.476. The number of nitrogens with zero attached hydrogens (tertiary/aromatic N) is 1. The summed E-state index contributed by atoms with van der Waals surface area (Å²) in [4.78, 5) is 0. The van der Waals surface area contributed by atoms with E-state index in [1.165, 1.54) is 34.4 Å². The van der Waals surface area contributed by atoms with Gasteiger partial charge >= 0.3 is 0 Å². The summed E-state index contributed by atoms with van der Waals surface area (Å²) in [6.07, 6.45) is 3.54. The minimum absolute atomic E-state index is 0.692. The molecular weight excluding hydrogens is 294 g/mol. The van der Waals surface area contributed by atoms with Crippen molar-refractivity contribution in [1.82, 2.24) is 0 Å². The van der Waals surface area contributed by atoms with E-state index in [4.69, 9.17) is 0 Å². The zero-order valence-corrected chi connectivity index (χ0v) is 17.1. The molecule has 0 bridgehead atoms. The Kier molecular flexibility index (Phi) is 5.15. The second-order valence-electron chi connectivity index (χ2n) is 8.37. The Morgan fingerprint density at radius 2 is 1.70 bits per heavy atom. The second-order valence-corrected chi connectivity index (χ2v) is 13.4. The standard InChI is InChI=1S/C21H32NSi/c1-15(2)11-18-14-22(5)20(13-21(18)23(6,7)8)19-10-9-16(3)12-17(19)4/h9-10,12-15H,11H2,1-8H3/q+1. The van der Waals surface area contributed by atoms with E-state index < -0.39 is 8.07 Å². The molecule has 124 valence electrons. The molecule has 23 heavy (non-hydrogen) atoms. The van der Waals surface area contributed by atoms with Gasteiger partial charge in [-0.05, 0) is 43.0 Å². The molecule has 0 unspecified atom stereocenters. The molecule has 0 N–H and O–H groups in total. The highest BCUT2D eigenvalue weighted by molar-refractivity contribution is 6.89. The van der Waals surface area contributed by atoms with E-state index in [-0.39, 0.29) is 0 Å². The van der Waals surface area contributed by atoms with Crippen LogP contribution in [0.25, 0.3) is 11.3 Å². The van der Waals surface area contributed by atoms with Crippen LogP contribution in [0.3, 0.4) is 0 Å². The highest BCUT2D eigenvalue weighted by Gasteiger charge is 2.26. The minimum Gasteiger partial charge on any atom is -0.201 e. The average Bonchev–Trinajstić information content (AvgIpc) is 2.37. The first kappa shape index (κ1) is 17.9. The number of pyridine rings is 1. The van der Waals surface area contributed by atoms with Crippen molar-refractivity contribution >= 4 is 13.3 Å². The maximum absolute atomic E-state index is 2.47. The molecule has 0 saturated carbocycles. The fourth-order valence-electron chi connectivity index (χ4n) is 3.37. The van der Waals surface area contributed by atoms with Gasteiger partial charge in [-0.1, -0.05) is 51.2 Å². The van der Waals surface area contributed by atoms with Gasteiger partial charge < -0.3 is 0 Å². The first-order valence-electron chi connectivity index (χ1n) is 8.70. The lowest BCUT2D eigenvalue weighted by atomic mass is 10.00. The van der Waals surface area contributed by atoms with Gasteiger partial charge in [0, 0.05) is 17.2 Å². The topological polar surface area (TPSA) is 3.88 Å². The molecule has 0 fully saturated rings. The summed E-state index contributed by atoms with van der Waals surface area (Å²) in [5.41, 5.74) is 6.92. The maximum Gasteiger partial charge on any atom is 0.212 e. The Bertz CT molecular complexity index is 709. The predicted octanol–water partition coefficient (Wildman–Crippen LogP) is 4.54. The molecule has 2 heteroatoms. The summed E-state index contributed by atoms with van der Waals surface area (Å²) in [7, 11) is 0.813. The molecule has 0 radical (unpaired) electrons. The molecule has 0 amide bonds. The number of aryl methyl sites for hydroxylation is 3. The van der Waals surface area contributed by atoms with E-state index >= 15 is 0 Å². The smallest absolute Gasteiger partial charge is 0.201 e. The molecule has 1 aromatic heterocycles. The van der Waals surface area contributed by atoms with Crippen LogP contribution in [0.4, 0.5) is 0 Å². The molecule has 0 aliphatic heterocycles. The van der Waals surface area contributed by atoms with Crippen LogP contribution in [0.2, 0.25) is 19.6 Å². The van der Waals surface area contributed by atoms with Crippen LogP contribution in [-0.2, 0) is 13.5 Å². The number of benzene rings is 1. The SMILES string of the molecule is Cc1ccc(-c2cc([Si](C)(C)C)c(CC(C)C)c[n+]2C)c(C)c1. The normalized spacial score (nSPS) is 12.0. The number of hydrogen-bond donors (Lipinski definition) is 0. The summed E-state index contributed by atoms with van der Waals surface area (Å²) in [5.74, 6) is 0.692. The van der Waals surface area contributed by atoms with E-state index in [9.17, 15) is 0 Å². The van der Waals surface area contributed by atoms with Crippen LogP contribution in [0.5, 0.6) is 0 Å². The van der Waals surface area contributed by atoms with Gasteiger partial charge in [-0.3, -0.25) is 0 Å². The van der Waals surface area contributed by atoms with Crippen molar-refractivity contribution in [1.29, 1.82) is 0 Å². The lowest BCUT2D eigenvalue weighted by Gasteiger charge is -2.22. The lowest BCUT2D eigenvalue weighted by molar-refractivity contribution is -0.660. The minimum atomic E-state index is -1.37. The third kappa shape index (κ3) is 4.11. The van der Waals surface area contributed by atoms with Gasteiger partial charge in [-0.15, -0.1) is 0 Å². The van der Waals surface area contributed by atoms with Crippen molar-refractivity contribution in [3.8, 4) is 11.3 Å². The summed E-state index contributed by atoms with van der Waals surface area (Å²) in [6, 6.07) is 9.25. The van der Waals surface area contributed by atoms with E-state index in [1.54, 1.807) is 5.19 Å². The molecule has 0 atom stereocenters. The molecule has 0 spiro atoms. The lowest BCUT2D eigenvalue weighted by Crippen LogP contribution is -2.45. The highest BCUT2D eigenvalue weighted by atomic mass is 28.3. The van der Waals surface area contributed by atoms with Gasteiger partial charge in [0.25, 0.3) is 0 Å². The van der Waals surface area contributed by atoms with Crippen LogP contribution >= 0.6 is 0 Å². The molecule has 1 nitrogen and oxygen atoms in total. The Balaban J connectivity index is 2.66. The zero-order chi connectivity index (χ0) is 17.4. The van der Waals surface area contributed by atoms with E-state index in [0.717, 1.165) is 0 Å². The molecule has 0 aliphatic carbocycles. The summed E-state index contributed by atoms with van der Waals surface area (Å²) < 4.78 is 2.32. The van der Waals surface area contributed by atoms with Crippen molar-refractivity contribution < 1.29 is 4.57 Å². The Morgan fingerprint density at radius 3 is 2.22 bits per heavy atom. The van der Waals surface area contributed by atoms with Gasteiger partial charge in [0.1, 0.15) is 7.05 Å². The zero-order valence-electron chi connectivity index (χ0n) is 16.1. The number of rotatable bonds is 4. The molecule has 1 aromatic carbocycles. The number of hydrogen-bond acceptors (Lipinski definition) is 0. The van der Waals surface area contributed by atoms with Gasteiger partial charge in [-0.2, -0.15) is 0 Å². The third-order valence-corrected chi connectivity index (χ3v) is 6.53. The molecule has 0 aliphatic rings. The Morgan fingerprint density at radius 1 is 1.04 bits per heavy atom. The quantitative estimate of drug-likeness (QED) is 0.574. The van der Waals surface area contributed by atoms with Crippen molar-refractivity contribution in [3.05, 3.63) is 47.2 Å². The first-order valence-corrected chi connectivity index (χ1v) is 12.2. The highest BCUT2D eigenvalue weighted by Crippen LogP contribution is 2.22. The van der Waals surface area contributed by atoms with Crippen molar-refractivity contribution in [3.63, 3.8) is 0 Å². The van der Waals surface area contributed by atoms with Gasteiger partial charge in [-0.25, -0.2) is 4.57 Å². The molecule has 0 saturated heterocycles. The summed E-state index contributed by atoms with van der Waals surface area (Å²) >= 11 is 0. The van der Waals surface area contributed by atoms with E-state index in [0.29, 0.717) is 5.92 Å². The molecule has 1 heterocycles. The van der Waals surface area contributed by atoms with Crippen molar-refractivity contribution in [2.45, 2.75) is 53.8 Å². The van der Waals surface area contributed by atoms with Gasteiger partial charge in [0.15, 0.2) is 6.20 Å². The van der Waals surface area contributed by atoms with Crippen LogP contribution in [0, 0.1) is 19.8 Å². The van der Waals surface area contributed by atoms with Gasteiger partial charge in [0.05, 0.1) is 8.07 Å². The van der Waals surface area contributed by atoms with E-state index in [1.807, 2.05) is 0 Å². The summed E-state index contributed by atoms with van der Waals surface area (Å²) in [5, 5.41) is 1.61. The second kappa shape index (κ2) is 6.60. The largest absolute Gasteiger partial charge is 0.212 e. The molecule has 2 rings (SSSR count). The molecule has 2 aromatic rings. The van der Waals surface area contributed by atoms with Crippen LogP contribution < -0.4 is 9.75 Å². The monoisotopic (exact) mass is 326 g/mol. The summed E-state index contributed by atoms with van der Waals surface area (Å²) in [6.45, 7) is 16.4. The van der Waals surface area contributed by atoms with Crippen LogP contribution in [-0.4, -0.2) is 8.07 Å². The molecular formula is C21H32NSi+. The maximum atomic E-state index is 2.47. The van der Waals surface area contributed by atoms with Crippen LogP contribution in [0.15, 0.2) is 30.5 Å². The fourth-order valence-corrected chi connectivity index (χ4v) is 5.07. The predicted molar refractivity (Wildman–Crippen MR) is 104 cm³/mol. The van der Waals surface area contributed by atoms with Crippen molar-refractivity contribution in [2.75, 3.05) is 0 Å². The van der Waals surface area contributed by atoms with Gasteiger partial charge in [0.2, 0.25) is 5.69 Å². The third-order valence-electron chi connectivity index (χ3n) is 4.45. The average molecular weight is 327 g/mol. The Hall–Kier alpha value is -1.41. The Labute approximate surface area is 143 Å². The van der Waals surface area contributed by atoms with E-state index in [2.05, 4.69) is 89.4 Å². The number of aromatic nitrogens is 1. The van der Waals surface area contributed by atoms with Crippen molar-refractivity contribution in [2.24, 2.45) is 13.0 Å². The van der Waals surface area contributed by atoms with Crippen LogP contribution in [0.1, 0.15) is 30.5 Å². The first-order chi connectivity index (χ1) is 10.6.